The summed E-state index contributed by atoms with van der Waals surface area (Å²) in [5.41, 5.74) is 2.18. The molecule has 0 spiro atoms. The SMILES string of the molecule is Cc1cc(C(=O)N[C@@]23CC[C@]4(C)C(CCC5C6(C)CC[C@H](O)C(C)(C)C6CCC54C)C2=C(C(C)C)C(=O)C3)no1. The number of hydrogen-bond donors (Lipinski definition) is 2. The van der Waals surface area contributed by atoms with Crippen LogP contribution < -0.4 is 5.32 Å². The van der Waals surface area contributed by atoms with Crippen LogP contribution in [0, 0.1) is 52.3 Å². The van der Waals surface area contributed by atoms with Crippen molar-refractivity contribution in [3.63, 3.8) is 0 Å². The third-order valence-corrected chi connectivity index (χ3v) is 13.6. The summed E-state index contributed by atoms with van der Waals surface area (Å²) in [4.78, 5) is 27.2. The molecule has 8 atom stereocenters. The predicted molar refractivity (Wildman–Crippen MR) is 154 cm³/mol. The number of Topliss-reactive ketones (excluding diaryl/α,β-unsaturated/α-hetero) is 1. The average molecular weight is 551 g/mol. The van der Waals surface area contributed by atoms with Crippen LogP contribution in [-0.4, -0.2) is 33.6 Å². The van der Waals surface area contributed by atoms with Gasteiger partial charge >= 0.3 is 0 Å². The molecule has 220 valence electrons. The highest BCUT2D eigenvalue weighted by Crippen LogP contribution is 2.75. The summed E-state index contributed by atoms with van der Waals surface area (Å²) < 4.78 is 5.21. The van der Waals surface area contributed by atoms with Gasteiger partial charge in [-0.2, -0.15) is 0 Å². The van der Waals surface area contributed by atoms with Crippen molar-refractivity contribution < 1.29 is 19.2 Å². The van der Waals surface area contributed by atoms with Crippen LogP contribution in [0.15, 0.2) is 21.7 Å². The van der Waals surface area contributed by atoms with Gasteiger partial charge in [-0.15, -0.1) is 0 Å². The van der Waals surface area contributed by atoms with E-state index < -0.39 is 5.54 Å². The molecule has 5 aliphatic rings. The molecule has 40 heavy (non-hydrogen) atoms. The van der Waals surface area contributed by atoms with Gasteiger partial charge in [0.1, 0.15) is 5.76 Å². The van der Waals surface area contributed by atoms with Crippen molar-refractivity contribution in [3.8, 4) is 0 Å². The summed E-state index contributed by atoms with van der Waals surface area (Å²) >= 11 is 0. The standard InChI is InChI=1S/C34H50N2O4/c1-19(2)27-23(37)18-34(35-29(39)22-17-20(3)40-36-22)16-15-32(7)21(28(27)34)9-10-25-31(6)13-12-26(38)30(4,5)24(31)11-14-33(25,32)8/h17,19,21,24-26,38H,9-16,18H2,1-8H3,(H,35,39)/t21?,24?,25?,26-,31?,32+,33?,34+/m0/s1. The lowest BCUT2D eigenvalue weighted by atomic mass is 9.33. The molecule has 0 aromatic carbocycles. The Morgan fingerprint density at radius 1 is 1.00 bits per heavy atom. The van der Waals surface area contributed by atoms with Gasteiger partial charge in [0.05, 0.1) is 11.6 Å². The number of allylic oxidation sites excluding steroid dienone is 1. The van der Waals surface area contributed by atoms with E-state index in [2.05, 4.69) is 58.9 Å². The van der Waals surface area contributed by atoms with Crippen molar-refractivity contribution in [3.05, 3.63) is 28.7 Å². The zero-order chi connectivity index (χ0) is 29.0. The maximum Gasteiger partial charge on any atom is 0.274 e. The normalized spacial score (nSPS) is 44.1. The number of aliphatic hydroxyl groups excluding tert-OH is 1. The van der Waals surface area contributed by atoms with Gasteiger partial charge in [0.25, 0.3) is 5.91 Å². The molecule has 0 saturated heterocycles. The molecule has 4 saturated carbocycles. The van der Waals surface area contributed by atoms with Gasteiger partial charge in [0.15, 0.2) is 11.5 Å². The van der Waals surface area contributed by atoms with Gasteiger partial charge in [0.2, 0.25) is 0 Å². The molecule has 5 unspecified atom stereocenters. The van der Waals surface area contributed by atoms with E-state index in [1.165, 1.54) is 5.57 Å². The Kier molecular flexibility index (Phi) is 6.19. The number of fused-ring (bicyclic) bond motifs is 7. The maximum atomic E-state index is 13.7. The third-order valence-electron chi connectivity index (χ3n) is 13.6. The van der Waals surface area contributed by atoms with Crippen LogP contribution in [0.2, 0.25) is 0 Å². The lowest BCUT2D eigenvalue weighted by molar-refractivity contribution is -0.226. The van der Waals surface area contributed by atoms with E-state index >= 15 is 0 Å². The third kappa shape index (κ3) is 3.53. The van der Waals surface area contributed by atoms with E-state index in [1.54, 1.807) is 13.0 Å². The number of ketones is 1. The summed E-state index contributed by atoms with van der Waals surface area (Å²) in [7, 11) is 0. The highest BCUT2D eigenvalue weighted by molar-refractivity contribution is 6.03. The molecule has 0 radical (unpaired) electrons. The summed E-state index contributed by atoms with van der Waals surface area (Å²) in [6.07, 6.45) is 8.42. The summed E-state index contributed by atoms with van der Waals surface area (Å²) in [5, 5.41) is 18.4. The van der Waals surface area contributed by atoms with Crippen LogP contribution >= 0.6 is 0 Å². The van der Waals surface area contributed by atoms with E-state index in [0.29, 0.717) is 24.0 Å². The highest BCUT2D eigenvalue weighted by Gasteiger charge is 2.70. The Labute approximate surface area is 240 Å². The first-order valence-electron chi connectivity index (χ1n) is 15.8. The first-order valence-corrected chi connectivity index (χ1v) is 15.8. The summed E-state index contributed by atoms with van der Waals surface area (Å²) in [5.74, 6) is 2.07. The number of rotatable bonds is 3. The van der Waals surface area contributed by atoms with Crippen LogP contribution in [0.4, 0.5) is 0 Å². The van der Waals surface area contributed by atoms with Crippen LogP contribution in [0.5, 0.6) is 0 Å². The smallest absolute Gasteiger partial charge is 0.274 e. The molecular weight excluding hydrogens is 500 g/mol. The van der Waals surface area contributed by atoms with Crippen molar-refractivity contribution in [1.82, 2.24) is 10.5 Å². The quantitative estimate of drug-likeness (QED) is 0.431. The Bertz CT molecular complexity index is 1280. The van der Waals surface area contributed by atoms with Gasteiger partial charge in [-0.3, -0.25) is 9.59 Å². The Balaban J connectivity index is 1.41. The first kappa shape index (κ1) is 28.2. The number of hydrogen-bond acceptors (Lipinski definition) is 5. The van der Waals surface area contributed by atoms with Crippen LogP contribution in [0.1, 0.15) is 123 Å². The van der Waals surface area contributed by atoms with Gasteiger partial charge in [-0.1, -0.05) is 53.6 Å². The van der Waals surface area contributed by atoms with E-state index in [1.807, 2.05) is 0 Å². The summed E-state index contributed by atoms with van der Waals surface area (Å²) in [6.45, 7) is 18.3. The second-order valence-electron chi connectivity index (χ2n) is 15.9. The molecule has 1 heterocycles. The van der Waals surface area contributed by atoms with Crippen molar-refractivity contribution in [2.75, 3.05) is 0 Å². The number of aliphatic hydroxyl groups is 1. The fourth-order valence-corrected chi connectivity index (χ4v) is 11.5. The molecule has 1 amide bonds. The van der Waals surface area contributed by atoms with Crippen LogP contribution in [-0.2, 0) is 4.79 Å². The molecule has 6 nitrogen and oxygen atoms in total. The summed E-state index contributed by atoms with van der Waals surface area (Å²) in [6, 6.07) is 1.68. The lowest BCUT2D eigenvalue weighted by Gasteiger charge is -2.72. The van der Waals surface area contributed by atoms with E-state index in [-0.39, 0.29) is 57.0 Å². The fraction of sp³-hybridized carbons (Fsp3) is 0.794. The number of aryl methyl sites for hydroxylation is 1. The van der Waals surface area contributed by atoms with E-state index in [9.17, 15) is 14.7 Å². The molecule has 6 heteroatoms. The monoisotopic (exact) mass is 550 g/mol. The highest BCUT2D eigenvalue weighted by atomic mass is 16.5. The minimum Gasteiger partial charge on any atom is -0.393 e. The van der Waals surface area contributed by atoms with Gasteiger partial charge in [-0.05, 0) is 115 Å². The molecule has 0 bridgehead atoms. The van der Waals surface area contributed by atoms with Crippen LogP contribution in [0.3, 0.4) is 0 Å². The fourth-order valence-electron chi connectivity index (χ4n) is 11.5. The molecular formula is C34H50N2O4. The number of nitrogens with one attached hydrogen (secondary N) is 1. The minimum absolute atomic E-state index is 0.0445. The van der Waals surface area contributed by atoms with Crippen LogP contribution in [0.25, 0.3) is 0 Å². The van der Waals surface area contributed by atoms with Crippen molar-refractivity contribution in [1.29, 1.82) is 0 Å². The second-order valence-corrected chi connectivity index (χ2v) is 15.9. The average Bonchev–Trinajstić information content (AvgIpc) is 3.43. The van der Waals surface area contributed by atoms with Gasteiger partial charge < -0.3 is 14.9 Å². The molecule has 0 aliphatic heterocycles. The topological polar surface area (TPSA) is 92.4 Å². The van der Waals surface area contributed by atoms with Crippen molar-refractivity contribution >= 4 is 11.7 Å². The largest absolute Gasteiger partial charge is 0.393 e. The van der Waals surface area contributed by atoms with Gasteiger partial charge in [-0.25, -0.2) is 0 Å². The zero-order valence-electron chi connectivity index (χ0n) is 25.9. The minimum atomic E-state index is -0.633. The Morgan fingerprint density at radius 2 is 1.73 bits per heavy atom. The molecule has 6 rings (SSSR count). The predicted octanol–water partition coefficient (Wildman–Crippen LogP) is 6.81. The Morgan fingerprint density at radius 3 is 2.38 bits per heavy atom. The maximum absolute atomic E-state index is 13.7. The van der Waals surface area contributed by atoms with Crippen molar-refractivity contribution in [2.24, 2.45) is 45.3 Å². The number of nitrogens with zero attached hydrogens (tertiary/aromatic N) is 1. The number of carbonyl (C=O) groups excluding carboxylic acids is 2. The van der Waals surface area contributed by atoms with Gasteiger partial charge in [0, 0.05) is 12.5 Å². The van der Waals surface area contributed by atoms with E-state index in [0.717, 1.165) is 56.9 Å². The number of amides is 1. The first-order chi connectivity index (χ1) is 18.6. The molecule has 5 aliphatic carbocycles. The molecule has 1 aromatic rings. The van der Waals surface area contributed by atoms with Crippen molar-refractivity contribution in [2.45, 2.75) is 125 Å². The number of carbonyl (C=O) groups is 2. The second kappa shape index (κ2) is 8.78. The van der Waals surface area contributed by atoms with E-state index in [4.69, 9.17) is 4.52 Å². The Hall–Kier alpha value is -1.95. The molecule has 2 N–H and O–H groups in total. The number of aromatic nitrogens is 1. The molecule has 4 fully saturated rings. The lowest BCUT2D eigenvalue weighted by Crippen LogP contribution is -2.67. The zero-order valence-corrected chi connectivity index (χ0v) is 25.9. The molecule has 1 aromatic heterocycles.